The molecular weight excluding hydrogens is 560 g/mol. The fourth-order valence-corrected chi connectivity index (χ4v) is 6.62. The van der Waals surface area contributed by atoms with Crippen LogP contribution in [0.5, 0.6) is 23.0 Å². The molecule has 2 aliphatic heterocycles. The normalized spacial score (nSPS) is 14.4. The minimum Gasteiger partial charge on any atom is -0.493 e. The molecule has 0 bridgehead atoms. The molecule has 0 aliphatic carbocycles. The number of esters is 2. The molecule has 0 saturated heterocycles. The van der Waals surface area contributed by atoms with Crippen LogP contribution in [0.15, 0.2) is 60.7 Å². The van der Waals surface area contributed by atoms with Gasteiger partial charge in [-0.05, 0) is 63.9 Å². The second-order valence-corrected chi connectivity index (χ2v) is 14.0. The van der Waals surface area contributed by atoms with E-state index in [1.807, 2.05) is 30.3 Å². The minimum absolute atomic E-state index is 0.0886. The van der Waals surface area contributed by atoms with Gasteiger partial charge in [0.1, 0.15) is 11.5 Å². The maximum absolute atomic E-state index is 13.3. The number of ether oxygens (including phenoxy) is 4. The molecule has 220 valence electrons. The Morgan fingerprint density at radius 2 is 1.19 bits per heavy atom. The molecular formula is C36H34O6S. The second kappa shape index (κ2) is 10.1. The molecule has 0 N–H and O–H groups in total. The van der Waals surface area contributed by atoms with Gasteiger partial charge < -0.3 is 18.9 Å². The van der Waals surface area contributed by atoms with E-state index >= 15 is 0 Å². The Morgan fingerprint density at radius 1 is 0.628 bits per heavy atom. The zero-order valence-electron chi connectivity index (χ0n) is 25.6. The van der Waals surface area contributed by atoms with E-state index in [-0.39, 0.29) is 10.8 Å². The van der Waals surface area contributed by atoms with Crippen molar-refractivity contribution in [2.75, 3.05) is 14.2 Å². The van der Waals surface area contributed by atoms with Crippen LogP contribution in [0.2, 0.25) is 0 Å². The fraction of sp³-hybridized carbons (Fsp3) is 0.278. The van der Waals surface area contributed by atoms with Crippen molar-refractivity contribution in [2.45, 2.75) is 52.4 Å². The number of thiophene rings is 1. The van der Waals surface area contributed by atoms with E-state index < -0.39 is 11.9 Å². The molecule has 0 atom stereocenters. The molecule has 0 saturated carbocycles. The minimum atomic E-state index is -0.478. The van der Waals surface area contributed by atoms with Crippen molar-refractivity contribution in [3.05, 3.63) is 92.7 Å². The summed E-state index contributed by atoms with van der Waals surface area (Å²) in [6.07, 6.45) is 0. The highest BCUT2D eigenvalue weighted by Crippen LogP contribution is 2.41. The SMILES string of the molecule is COc1cc(C2=c3cc4c(cc3OC2=O)=C(c2ccc(-c3ccc(C(C)(C)C)s3)cc2)C(=O)O4)cc(C(C)(C)C)c1OC. The van der Waals surface area contributed by atoms with E-state index in [4.69, 9.17) is 18.9 Å². The molecule has 6 rings (SSSR count). The largest absolute Gasteiger partial charge is 0.493 e. The average molecular weight is 595 g/mol. The zero-order chi connectivity index (χ0) is 30.8. The Morgan fingerprint density at radius 3 is 1.67 bits per heavy atom. The van der Waals surface area contributed by atoms with E-state index in [0.717, 1.165) is 16.7 Å². The smallest absolute Gasteiger partial charge is 0.344 e. The van der Waals surface area contributed by atoms with Crippen LogP contribution < -0.4 is 29.4 Å². The van der Waals surface area contributed by atoms with Crippen molar-refractivity contribution in [1.29, 1.82) is 0 Å². The molecule has 3 aromatic carbocycles. The van der Waals surface area contributed by atoms with Gasteiger partial charge in [-0.25, -0.2) is 9.59 Å². The Bertz CT molecular complexity index is 1930. The van der Waals surface area contributed by atoms with Crippen LogP contribution in [-0.2, 0) is 20.4 Å². The Balaban J connectivity index is 1.46. The lowest BCUT2D eigenvalue weighted by Gasteiger charge is -2.24. The number of hydrogen-bond acceptors (Lipinski definition) is 7. The summed E-state index contributed by atoms with van der Waals surface area (Å²) in [4.78, 5) is 28.9. The number of benzene rings is 3. The lowest BCUT2D eigenvalue weighted by molar-refractivity contribution is -0.128. The number of rotatable bonds is 5. The first-order valence-electron chi connectivity index (χ1n) is 14.1. The quantitative estimate of drug-likeness (QED) is 0.201. The van der Waals surface area contributed by atoms with Crippen molar-refractivity contribution >= 4 is 34.4 Å². The van der Waals surface area contributed by atoms with Gasteiger partial charge in [0.15, 0.2) is 11.5 Å². The summed E-state index contributed by atoms with van der Waals surface area (Å²) in [5.74, 6) is 0.991. The molecule has 0 amide bonds. The molecule has 7 heteroatoms. The number of carbonyl (C=O) groups is 2. The van der Waals surface area contributed by atoms with Gasteiger partial charge in [0, 0.05) is 25.8 Å². The monoisotopic (exact) mass is 594 g/mol. The average Bonchev–Trinajstić information content (AvgIpc) is 3.65. The van der Waals surface area contributed by atoms with Gasteiger partial charge in [-0.15, -0.1) is 11.3 Å². The number of hydrogen-bond donors (Lipinski definition) is 0. The third-order valence-electron chi connectivity index (χ3n) is 7.81. The third-order valence-corrected chi connectivity index (χ3v) is 9.37. The lowest BCUT2D eigenvalue weighted by Crippen LogP contribution is -2.16. The summed E-state index contributed by atoms with van der Waals surface area (Å²) >= 11 is 1.77. The van der Waals surface area contributed by atoms with Crippen molar-refractivity contribution < 1.29 is 28.5 Å². The summed E-state index contributed by atoms with van der Waals surface area (Å²) in [7, 11) is 3.17. The van der Waals surface area contributed by atoms with Crippen LogP contribution in [0.4, 0.5) is 0 Å². The van der Waals surface area contributed by atoms with Crippen LogP contribution >= 0.6 is 11.3 Å². The number of carbonyl (C=O) groups excluding carboxylic acids is 2. The van der Waals surface area contributed by atoms with Gasteiger partial charge in [0.25, 0.3) is 0 Å². The second-order valence-electron chi connectivity index (χ2n) is 12.9. The van der Waals surface area contributed by atoms with Gasteiger partial charge in [0.2, 0.25) is 0 Å². The van der Waals surface area contributed by atoms with Crippen molar-refractivity contribution in [3.63, 3.8) is 0 Å². The molecule has 0 spiro atoms. The first-order chi connectivity index (χ1) is 20.3. The molecule has 4 aromatic rings. The predicted octanol–water partition coefficient (Wildman–Crippen LogP) is 6.26. The summed E-state index contributed by atoms with van der Waals surface area (Å²) in [6, 6.07) is 19.4. The van der Waals surface area contributed by atoms with Crippen molar-refractivity contribution in [1.82, 2.24) is 0 Å². The molecule has 2 aliphatic rings. The van der Waals surface area contributed by atoms with E-state index in [1.54, 1.807) is 43.8 Å². The summed E-state index contributed by atoms with van der Waals surface area (Å²) in [6.45, 7) is 12.8. The molecule has 1 aromatic heterocycles. The standard InChI is InChI=1S/C36H34O6S/c1-35(2,3)24-15-21(16-27(39-7)32(24)40-8)31-23-18-25-22(17-26(23)42-34(31)38)30(33(37)41-25)20-11-9-19(10-12-20)28-13-14-29(43-28)36(4,5)6/h9-18H,1-8H3. The molecule has 0 fully saturated rings. The van der Waals surface area contributed by atoms with Crippen LogP contribution in [0, 0.1) is 0 Å². The molecule has 43 heavy (non-hydrogen) atoms. The molecule has 6 nitrogen and oxygen atoms in total. The summed E-state index contributed by atoms with van der Waals surface area (Å²) in [5, 5.41) is 1.16. The Kier molecular flexibility index (Phi) is 6.77. The van der Waals surface area contributed by atoms with E-state index in [0.29, 0.717) is 50.1 Å². The topological polar surface area (TPSA) is 71.1 Å². The Labute approximate surface area is 255 Å². The van der Waals surface area contributed by atoms with Gasteiger partial charge in [0.05, 0.1) is 25.4 Å². The van der Waals surface area contributed by atoms with E-state index in [9.17, 15) is 9.59 Å². The van der Waals surface area contributed by atoms with Gasteiger partial charge in [-0.2, -0.15) is 0 Å². The van der Waals surface area contributed by atoms with E-state index in [2.05, 4.69) is 53.7 Å². The highest BCUT2D eigenvalue weighted by molar-refractivity contribution is 7.15. The first-order valence-corrected chi connectivity index (χ1v) is 15.0. The van der Waals surface area contributed by atoms with E-state index in [1.165, 1.54) is 9.75 Å². The lowest BCUT2D eigenvalue weighted by atomic mass is 9.84. The Hall–Kier alpha value is -4.36. The van der Waals surface area contributed by atoms with Crippen LogP contribution in [-0.4, -0.2) is 26.2 Å². The van der Waals surface area contributed by atoms with Crippen molar-refractivity contribution in [2.24, 2.45) is 0 Å². The first kappa shape index (κ1) is 28.7. The van der Waals surface area contributed by atoms with Gasteiger partial charge >= 0.3 is 11.9 Å². The summed E-state index contributed by atoms with van der Waals surface area (Å²) < 4.78 is 22.8. The number of fused-ring (bicyclic) bond motifs is 2. The highest BCUT2D eigenvalue weighted by atomic mass is 32.1. The summed E-state index contributed by atoms with van der Waals surface area (Å²) in [5.41, 5.74) is 3.98. The van der Waals surface area contributed by atoms with Gasteiger partial charge in [-0.1, -0.05) is 65.8 Å². The van der Waals surface area contributed by atoms with Crippen LogP contribution in [0.1, 0.15) is 63.1 Å². The molecule has 0 radical (unpaired) electrons. The highest BCUT2D eigenvalue weighted by Gasteiger charge is 2.32. The maximum atomic E-state index is 13.3. The van der Waals surface area contributed by atoms with Gasteiger partial charge in [-0.3, -0.25) is 0 Å². The third kappa shape index (κ3) is 4.91. The predicted molar refractivity (Wildman–Crippen MR) is 169 cm³/mol. The fourth-order valence-electron chi connectivity index (χ4n) is 5.55. The van der Waals surface area contributed by atoms with Crippen LogP contribution in [0.25, 0.3) is 21.6 Å². The maximum Gasteiger partial charge on any atom is 0.344 e. The molecule has 0 unspecified atom stereocenters. The van der Waals surface area contributed by atoms with Crippen LogP contribution in [0.3, 0.4) is 0 Å². The number of methoxy groups -OCH3 is 2. The molecule has 3 heterocycles. The van der Waals surface area contributed by atoms with Crippen molar-refractivity contribution in [3.8, 4) is 33.4 Å². The zero-order valence-corrected chi connectivity index (χ0v) is 26.4.